The van der Waals surface area contributed by atoms with Crippen LogP contribution in [0.4, 0.5) is 0 Å². The predicted molar refractivity (Wildman–Crippen MR) is 143 cm³/mol. The summed E-state index contributed by atoms with van der Waals surface area (Å²) in [6.07, 6.45) is 3.61. The lowest BCUT2D eigenvalue weighted by Gasteiger charge is -2.38. The summed E-state index contributed by atoms with van der Waals surface area (Å²) in [5.74, 6) is 3.69. The molecule has 2 heterocycles. The van der Waals surface area contributed by atoms with Crippen molar-refractivity contribution in [2.45, 2.75) is 44.9 Å². The van der Waals surface area contributed by atoms with Crippen LogP contribution in [0, 0.1) is 0 Å². The Balaban J connectivity index is 1.51. The predicted octanol–water partition coefficient (Wildman–Crippen LogP) is 6.52. The highest BCUT2D eigenvalue weighted by atomic mass is 16.5. The lowest BCUT2D eigenvalue weighted by Crippen LogP contribution is -2.33. The zero-order chi connectivity index (χ0) is 25.8. The van der Waals surface area contributed by atoms with Gasteiger partial charge in [-0.2, -0.15) is 5.10 Å². The summed E-state index contributed by atoms with van der Waals surface area (Å²) >= 11 is 0. The van der Waals surface area contributed by atoms with Crippen LogP contribution in [-0.4, -0.2) is 38.7 Å². The Bertz CT molecular complexity index is 1260. The molecular formula is C30H34N2O5. The number of ether oxygens (including phenoxy) is 5. The fourth-order valence-electron chi connectivity index (χ4n) is 4.91. The average molecular weight is 503 g/mol. The molecule has 0 unspecified atom stereocenters. The smallest absolute Gasteiger partial charge is 0.214 e. The van der Waals surface area contributed by atoms with Gasteiger partial charge in [-0.1, -0.05) is 31.9 Å². The summed E-state index contributed by atoms with van der Waals surface area (Å²) in [4.78, 5) is 0. The third-order valence-electron chi connectivity index (χ3n) is 6.90. The Morgan fingerprint density at radius 3 is 2.43 bits per heavy atom. The number of rotatable bonds is 10. The molecule has 2 aliphatic rings. The second-order valence-electron chi connectivity index (χ2n) is 9.19. The van der Waals surface area contributed by atoms with Crippen LogP contribution < -0.4 is 23.7 Å². The largest absolute Gasteiger partial charge is 0.497 e. The van der Waals surface area contributed by atoms with E-state index in [-0.39, 0.29) is 6.04 Å². The van der Waals surface area contributed by atoms with E-state index in [1.54, 1.807) is 21.3 Å². The molecule has 0 fully saturated rings. The second kappa shape index (κ2) is 11.0. The minimum atomic E-state index is -0.451. The number of para-hydroxylation sites is 1. The molecule has 3 aromatic carbocycles. The van der Waals surface area contributed by atoms with Crippen molar-refractivity contribution in [1.82, 2.24) is 5.01 Å². The van der Waals surface area contributed by atoms with E-state index in [1.807, 2.05) is 54.6 Å². The summed E-state index contributed by atoms with van der Waals surface area (Å²) < 4.78 is 29.3. The first kappa shape index (κ1) is 24.8. The van der Waals surface area contributed by atoms with Gasteiger partial charge in [-0.05, 0) is 60.5 Å². The summed E-state index contributed by atoms with van der Waals surface area (Å²) in [7, 11) is 5.00. The third kappa shape index (κ3) is 4.90. The maximum absolute atomic E-state index is 6.60. The minimum Gasteiger partial charge on any atom is -0.497 e. The number of methoxy groups -OCH3 is 3. The zero-order valence-corrected chi connectivity index (χ0v) is 21.9. The molecule has 0 saturated heterocycles. The van der Waals surface area contributed by atoms with Crippen molar-refractivity contribution < 1.29 is 23.7 Å². The van der Waals surface area contributed by atoms with E-state index >= 15 is 0 Å². The van der Waals surface area contributed by atoms with Gasteiger partial charge in [0.1, 0.15) is 5.75 Å². The van der Waals surface area contributed by atoms with Crippen LogP contribution in [0.1, 0.15) is 61.6 Å². The molecule has 3 aromatic rings. The standard InChI is InChI=1S/C30H34N2O5/c1-5-6-7-17-36-26-16-13-21(18-28(26)35-4)30-32-25(23-9-8-10-27(34-3)29(23)37-30)19-24(31-32)20-11-14-22(33-2)15-12-20/h8-16,18,25,30H,5-7,17,19H2,1-4H3/t25-,30-/m0/s1. The number of unbranched alkanes of at least 4 members (excludes halogenated alkanes) is 2. The maximum Gasteiger partial charge on any atom is 0.214 e. The van der Waals surface area contributed by atoms with Gasteiger partial charge in [-0.15, -0.1) is 0 Å². The fourth-order valence-corrected chi connectivity index (χ4v) is 4.91. The first-order valence-corrected chi connectivity index (χ1v) is 12.8. The van der Waals surface area contributed by atoms with Gasteiger partial charge in [0.25, 0.3) is 0 Å². The molecular weight excluding hydrogens is 468 g/mol. The number of hydrogen-bond acceptors (Lipinski definition) is 7. The average Bonchev–Trinajstić information content (AvgIpc) is 3.40. The van der Waals surface area contributed by atoms with Gasteiger partial charge < -0.3 is 23.7 Å². The molecule has 0 aromatic heterocycles. The lowest BCUT2D eigenvalue weighted by atomic mass is 9.95. The Morgan fingerprint density at radius 2 is 1.70 bits per heavy atom. The van der Waals surface area contributed by atoms with E-state index in [0.717, 1.165) is 65.3 Å². The molecule has 0 radical (unpaired) electrons. The van der Waals surface area contributed by atoms with E-state index in [9.17, 15) is 0 Å². The number of benzene rings is 3. The maximum atomic E-state index is 6.60. The second-order valence-corrected chi connectivity index (χ2v) is 9.19. The molecule has 0 saturated carbocycles. The van der Waals surface area contributed by atoms with Crippen molar-refractivity contribution in [2.75, 3.05) is 27.9 Å². The molecule has 0 N–H and O–H groups in total. The van der Waals surface area contributed by atoms with E-state index in [4.69, 9.17) is 28.8 Å². The molecule has 0 spiro atoms. The van der Waals surface area contributed by atoms with Gasteiger partial charge in [-0.3, -0.25) is 0 Å². The van der Waals surface area contributed by atoms with Crippen LogP contribution >= 0.6 is 0 Å². The molecule has 0 bridgehead atoms. The number of hydrogen-bond donors (Lipinski definition) is 0. The molecule has 37 heavy (non-hydrogen) atoms. The quantitative estimate of drug-likeness (QED) is 0.294. The van der Waals surface area contributed by atoms with E-state index in [1.165, 1.54) is 0 Å². The van der Waals surface area contributed by atoms with E-state index in [2.05, 4.69) is 18.0 Å². The SMILES string of the molecule is CCCCCOc1ccc([C@@H]2Oc3c(OC)cccc3[C@@H]3CC(c4ccc(OC)cc4)=NN32)cc1OC. The van der Waals surface area contributed by atoms with Crippen molar-refractivity contribution in [2.24, 2.45) is 5.10 Å². The highest BCUT2D eigenvalue weighted by molar-refractivity contribution is 6.02. The molecule has 7 heteroatoms. The van der Waals surface area contributed by atoms with Crippen LogP contribution in [0.25, 0.3) is 0 Å². The summed E-state index contributed by atoms with van der Waals surface area (Å²) in [5.41, 5.74) is 4.05. The van der Waals surface area contributed by atoms with Crippen LogP contribution in [0.15, 0.2) is 65.8 Å². The normalized spacial score (nSPS) is 17.8. The van der Waals surface area contributed by atoms with Gasteiger partial charge in [0.2, 0.25) is 6.23 Å². The number of hydrazone groups is 1. The Morgan fingerprint density at radius 1 is 0.892 bits per heavy atom. The highest BCUT2D eigenvalue weighted by Crippen LogP contribution is 2.51. The van der Waals surface area contributed by atoms with Crippen LogP contribution in [0.2, 0.25) is 0 Å². The first-order valence-electron chi connectivity index (χ1n) is 12.8. The van der Waals surface area contributed by atoms with E-state index < -0.39 is 6.23 Å². The van der Waals surface area contributed by atoms with Crippen molar-refractivity contribution in [1.29, 1.82) is 0 Å². The monoisotopic (exact) mass is 502 g/mol. The molecule has 0 amide bonds. The Hall–Kier alpha value is -3.87. The molecule has 2 aliphatic heterocycles. The Kier molecular flexibility index (Phi) is 7.40. The molecule has 194 valence electrons. The van der Waals surface area contributed by atoms with Crippen LogP contribution in [-0.2, 0) is 0 Å². The fraction of sp³-hybridized carbons (Fsp3) is 0.367. The highest BCUT2D eigenvalue weighted by Gasteiger charge is 2.42. The van der Waals surface area contributed by atoms with Crippen molar-refractivity contribution in [3.05, 3.63) is 77.4 Å². The summed E-state index contributed by atoms with van der Waals surface area (Å²) in [6, 6.07) is 20.0. The molecule has 0 aliphatic carbocycles. The van der Waals surface area contributed by atoms with Crippen molar-refractivity contribution in [3.8, 4) is 28.7 Å². The Labute approximate surface area is 218 Å². The van der Waals surface area contributed by atoms with Gasteiger partial charge in [0, 0.05) is 17.5 Å². The molecule has 5 rings (SSSR count). The molecule has 7 nitrogen and oxygen atoms in total. The van der Waals surface area contributed by atoms with Gasteiger partial charge in [-0.25, -0.2) is 5.01 Å². The zero-order valence-electron chi connectivity index (χ0n) is 21.9. The van der Waals surface area contributed by atoms with Crippen molar-refractivity contribution in [3.63, 3.8) is 0 Å². The van der Waals surface area contributed by atoms with Crippen molar-refractivity contribution >= 4 is 5.71 Å². The number of nitrogens with zero attached hydrogens (tertiary/aromatic N) is 2. The van der Waals surface area contributed by atoms with E-state index in [0.29, 0.717) is 18.1 Å². The van der Waals surface area contributed by atoms with Gasteiger partial charge >= 0.3 is 0 Å². The van der Waals surface area contributed by atoms with Crippen LogP contribution in [0.5, 0.6) is 28.7 Å². The van der Waals surface area contributed by atoms with Gasteiger partial charge in [0.05, 0.1) is 39.7 Å². The lowest BCUT2D eigenvalue weighted by molar-refractivity contribution is -0.0210. The summed E-state index contributed by atoms with van der Waals surface area (Å²) in [6.45, 7) is 2.85. The number of fused-ring (bicyclic) bond motifs is 3. The van der Waals surface area contributed by atoms with Gasteiger partial charge in [0.15, 0.2) is 23.0 Å². The topological polar surface area (TPSA) is 61.8 Å². The summed E-state index contributed by atoms with van der Waals surface area (Å²) in [5, 5.41) is 7.12. The minimum absolute atomic E-state index is 0.0110. The molecule has 2 atom stereocenters. The third-order valence-corrected chi connectivity index (χ3v) is 6.90. The van der Waals surface area contributed by atoms with Crippen LogP contribution in [0.3, 0.4) is 0 Å². The first-order chi connectivity index (χ1) is 18.2.